The number of rotatable bonds is 4. The van der Waals surface area contributed by atoms with Crippen LogP contribution in [0.2, 0.25) is 0 Å². The molecule has 0 fully saturated rings. The van der Waals surface area contributed by atoms with Crippen molar-refractivity contribution in [1.82, 2.24) is 14.6 Å². The van der Waals surface area contributed by atoms with Gasteiger partial charge in [0.05, 0.1) is 18.1 Å². The molecule has 2 aromatic heterocycles. The fourth-order valence-electron chi connectivity index (χ4n) is 2.67. The van der Waals surface area contributed by atoms with Gasteiger partial charge in [-0.3, -0.25) is 9.78 Å². The van der Waals surface area contributed by atoms with Crippen molar-refractivity contribution in [2.75, 3.05) is 12.8 Å². The van der Waals surface area contributed by atoms with Crippen LogP contribution < -0.4 is 4.72 Å². The van der Waals surface area contributed by atoms with E-state index in [0.29, 0.717) is 25.1 Å². The van der Waals surface area contributed by atoms with E-state index in [0.717, 1.165) is 22.9 Å². The predicted molar refractivity (Wildman–Crippen MR) is 83.1 cm³/mol. The third-order valence-corrected chi connectivity index (χ3v) is 4.48. The number of carbonyl (C=O) groups excluding carboxylic acids is 1. The Balaban J connectivity index is 1.78. The molecule has 0 unspecified atom stereocenters. The Morgan fingerprint density at radius 2 is 2.26 bits per heavy atom. The number of fused-ring (bicyclic) bond motifs is 1. The van der Waals surface area contributed by atoms with E-state index in [-0.39, 0.29) is 12.5 Å². The van der Waals surface area contributed by atoms with Crippen LogP contribution in [0.3, 0.4) is 0 Å². The number of amides is 1. The Hall–Kier alpha value is -2.19. The number of hydrogen-bond donors (Lipinski definition) is 1. The van der Waals surface area contributed by atoms with Gasteiger partial charge in [-0.1, -0.05) is 0 Å². The van der Waals surface area contributed by atoms with Crippen molar-refractivity contribution >= 4 is 15.9 Å². The summed E-state index contributed by atoms with van der Waals surface area (Å²) < 4.78 is 29.9. The van der Waals surface area contributed by atoms with Gasteiger partial charge in [0.25, 0.3) is 5.91 Å². The lowest BCUT2D eigenvalue weighted by Gasteiger charge is -2.29. The number of nitrogens with one attached hydrogen (secondary N) is 1. The minimum atomic E-state index is -3.26. The Morgan fingerprint density at radius 3 is 2.96 bits per heavy atom. The third-order valence-electron chi connectivity index (χ3n) is 3.81. The first-order valence-electron chi connectivity index (χ1n) is 7.15. The molecule has 3 heterocycles. The van der Waals surface area contributed by atoms with Crippen molar-refractivity contribution in [1.29, 1.82) is 0 Å². The SMILES string of the molecule is CS(=O)(=O)NCc1cncc2c1CCN(C(=O)c1ccoc1)C2. The lowest BCUT2D eigenvalue weighted by molar-refractivity contribution is 0.0733. The molecule has 0 saturated heterocycles. The summed E-state index contributed by atoms with van der Waals surface area (Å²) in [7, 11) is -3.26. The Bertz CT molecular complexity index is 815. The van der Waals surface area contributed by atoms with Gasteiger partial charge in [0, 0.05) is 32.0 Å². The lowest BCUT2D eigenvalue weighted by Crippen LogP contribution is -2.36. The molecule has 23 heavy (non-hydrogen) atoms. The van der Waals surface area contributed by atoms with Gasteiger partial charge in [0.2, 0.25) is 10.0 Å². The first kappa shape index (κ1) is 15.7. The van der Waals surface area contributed by atoms with Crippen molar-refractivity contribution in [3.05, 3.63) is 53.2 Å². The van der Waals surface area contributed by atoms with Crippen LogP contribution in [0.4, 0.5) is 0 Å². The van der Waals surface area contributed by atoms with Gasteiger partial charge in [-0.05, 0) is 29.2 Å². The molecule has 1 amide bonds. The average Bonchev–Trinajstić information content (AvgIpc) is 3.05. The molecule has 0 aliphatic carbocycles. The molecule has 1 aliphatic heterocycles. The zero-order valence-corrected chi connectivity index (χ0v) is 13.5. The number of aromatic nitrogens is 1. The topological polar surface area (TPSA) is 92.5 Å². The molecule has 7 nitrogen and oxygen atoms in total. The minimum absolute atomic E-state index is 0.0796. The van der Waals surface area contributed by atoms with Gasteiger partial charge in [0.15, 0.2) is 0 Å². The molecule has 0 bridgehead atoms. The number of furan rings is 1. The van der Waals surface area contributed by atoms with Gasteiger partial charge in [-0.15, -0.1) is 0 Å². The summed E-state index contributed by atoms with van der Waals surface area (Å²) in [6.45, 7) is 1.25. The molecule has 1 N–H and O–H groups in total. The van der Waals surface area contributed by atoms with Gasteiger partial charge < -0.3 is 9.32 Å². The van der Waals surface area contributed by atoms with Crippen LogP contribution in [-0.4, -0.2) is 37.0 Å². The molecule has 0 saturated carbocycles. The van der Waals surface area contributed by atoms with Gasteiger partial charge >= 0.3 is 0 Å². The van der Waals surface area contributed by atoms with Gasteiger partial charge in [-0.2, -0.15) is 0 Å². The van der Waals surface area contributed by atoms with Crippen LogP contribution in [0.15, 0.2) is 35.4 Å². The first-order chi connectivity index (χ1) is 10.9. The molecule has 1 aliphatic rings. The molecule has 0 atom stereocenters. The van der Waals surface area contributed by atoms with Crippen LogP contribution >= 0.6 is 0 Å². The maximum absolute atomic E-state index is 12.4. The largest absolute Gasteiger partial charge is 0.472 e. The molecular formula is C15H17N3O4S. The number of carbonyl (C=O) groups is 1. The second kappa shape index (κ2) is 6.13. The fraction of sp³-hybridized carbons (Fsp3) is 0.333. The highest BCUT2D eigenvalue weighted by molar-refractivity contribution is 7.88. The smallest absolute Gasteiger partial charge is 0.257 e. The molecule has 0 aromatic carbocycles. The maximum Gasteiger partial charge on any atom is 0.257 e. The molecule has 8 heteroatoms. The van der Waals surface area contributed by atoms with E-state index in [1.54, 1.807) is 23.4 Å². The van der Waals surface area contributed by atoms with Crippen LogP contribution in [0, 0.1) is 0 Å². The highest BCUT2D eigenvalue weighted by Crippen LogP contribution is 2.23. The highest BCUT2D eigenvalue weighted by atomic mass is 32.2. The fourth-order valence-corrected chi connectivity index (χ4v) is 3.09. The van der Waals surface area contributed by atoms with Gasteiger partial charge in [-0.25, -0.2) is 13.1 Å². The predicted octanol–water partition coefficient (Wildman–Crippen LogP) is 0.922. The summed E-state index contributed by atoms with van der Waals surface area (Å²) in [6, 6.07) is 1.64. The van der Waals surface area contributed by atoms with E-state index < -0.39 is 10.0 Å². The van der Waals surface area contributed by atoms with E-state index >= 15 is 0 Å². The highest BCUT2D eigenvalue weighted by Gasteiger charge is 2.24. The van der Waals surface area contributed by atoms with E-state index in [4.69, 9.17) is 4.42 Å². The number of hydrogen-bond acceptors (Lipinski definition) is 5. The van der Waals surface area contributed by atoms with Crippen LogP contribution in [0.5, 0.6) is 0 Å². The normalized spacial score (nSPS) is 14.6. The minimum Gasteiger partial charge on any atom is -0.472 e. The van der Waals surface area contributed by atoms with E-state index in [1.807, 2.05) is 0 Å². The average molecular weight is 335 g/mol. The third kappa shape index (κ3) is 3.59. The molecule has 3 rings (SSSR count). The maximum atomic E-state index is 12.4. The Morgan fingerprint density at radius 1 is 1.43 bits per heavy atom. The van der Waals surface area contributed by atoms with E-state index in [2.05, 4.69) is 9.71 Å². The first-order valence-corrected chi connectivity index (χ1v) is 9.04. The lowest BCUT2D eigenvalue weighted by atomic mass is 9.97. The summed E-state index contributed by atoms with van der Waals surface area (Å²) in [6.07, 6.45) is 8.10. The van der Waals surface area contributed by atoms with Crippen LogP contribution in [0.25, 0.3) is 0 Å². The quantitative estimate of drug-likeness (QED) is 0.897. The Labute approximate surface area is 134 Å². The molecule has 122 valence electrons. The zero-order chi connectivity index (χ0) is 16.4. The van der Waals surface area contributed by atoms with Crippen molar-refractivity contribution < 1.29 is 17.6 Å². The van der Waals surface area contributed by atoms with Crippen LogP contribution in [-0.2, 0) is 29.5 Å². The summed E-state index contributed by atoms with van der Waals surface area (Å²) in [5.74, 6) is -0.0796. The second-order valence-corrected chi connectivity index (χ2v) is 7.35. The molecular weight excluding hydrogens is 318 g/mol. The van der Waals surface area contributed by atoms with E-state index in [1.165, 1.54) is 12.5 Å². The van der Waals surface area contributed by atoms with E-state index in [9.17, 15) is 13.2 Å². The summed E-state index contributed by atoms with van der Waals surface area (Å²) >= 11 is 0. The number of nitrogens with zero attached hydrogens (tertiary/aromatic N) is 2. The standard InChI is InChI=1S/C15H17N3O4S/c1-23(20,21)17-8-12-6-16-7-13-9-18(4-2-14(12)13)15(19)11-3-5-22-10-11/h3,5-7,10,17H,2,4,8-9H2,1H3. The summed E-state index contributed by atoms with van der Waals surface area (Å²) in [4.78, 5) is 18.3. The number of pyridine rings is 1. The zero-order valence-electron chi connectivity index (χ0n) is 12.7. The molecule has 2 aromatic rings. The molecule has 0 radical (unpaired) electrons. The van der Waals surface area contributed by atoms with Crippen molar-refractivity contribution in [3.63, 3.8) is 0 Å². The van der Waals surface area contributed by atoms with Crippen LogP contribution in [0.1, 0.15) is 27.0 Å². The molecule has 0 spiro atoms. The van der Waals surface area contributed by atoms with Crippen molar-refractivity contribution in [2.45, 2.75) is 19.5 Å². The summed E-state index contributed by atoms with van der Waals surface area (Å²) in [5.41, 5.74) is 3.38. The number of sulfonamides is 1. The monoisotopic (exact) mass is 335 g/mol. The van der Waals surface area contributed by atoms with Gasteiger partial charge in [0.1, 0.15) is 6.26 Å². The summed E-state index contributed by atoms with van der Waals surface area (Å²) in [5, 5.41) is 0. The second-order valence-electron chi connectivity index (χ2n) is 5.52. The Kier molecular flexibility index (Phi) is 4.18. The van der Waals surface area contributed by atoms with Crippen molar-refractivity contribution in [2.24, 2.45) is 0 Å². The van der Waals surface area contributed by atoms with Crippen molar-refractivity contribution in [3.8, 4) is 0 Å².